The summed E-state index contributed by atoms with van der Waals surface area (Å²) in [6.45, 7) is 0.669. The van der Waals surface area contributed by atoms with Crippen LogP contribution >= 0.6 is 0 Å². The Bertz CT molecular complexity index is 455. The van der Waals surface area contributed by atoms with Crippen LogP contribution in [-0.2, 0) is 4.79 Å². The molecule has 0 radical (unpaired) electrons. The number of rotatable bonds is 3. The van der Waals surface area contributed by atoms with Crippen molar-refractivity contribution >= 4 is 11.9 Å². The van der Waals surface area contributed by atoms with Gasteiger partial charge in [0, 0.05) is 0 Å². The SMILES string of the molecule is O=C(O)c1ccc(C2CCNC(C(=O)O)C2)cc1. The van der Waals surface area contributed by atoms with Crippen molar-refractivity contribution in [1.29, 1.82) is 0 Å². The highest BCUT2D eigenvalue weighted by molar-refractivity contribution is 5.87. The molecule has 5 nitrogen and oxygen atoms in total. The molecule has 1 aromatic rings. The fourth-order valence-electron chi connectivity index (χ4n) is 2.31. The van der Waals surface area contributed by atoms with Crippen molar-refractivity contribution in [3.05, 3.63) is 35.4 Å². The van der Waals surface area contributed by atoms with Crippen LogP contribution in [0.1, 0.15) is 34.7 Å². The standard InChI is InChI=1S/C13H15NO4/c15-12(16)9-3-1-8(2-4-9)10-5-6-14-11(7-10)13(17)18/h1-4,10-11,14H,5-7H2,(H,15,16)(H,17,18). The number of carbonyl (C=O) groups is 2. The van der Waals surface area contributed by atoms with Gasteiger partial charge in [-0.05, 0) is 43.0 Å². The van der Waals surface area contributed by atoms with E-state index in [0.717, 1.165) is 12.0 Å². The van der Waals surface area contributed by atoms with Gasteiger partial charge in [-0.3, -0.25) is 4.79 Å². The summed E-state index contributed by atoms with van der Waals surface area (Å²) < 4.78 is 0. The zero-order chi connectivity index (χ0) is 13.1. The van der Waals surface area contributed by atoms with Gasteiger partial charge in [0.15, 0.2) is 0 Å². The Morgan fingerprint density at radius 3 is 2.39 bits per heavy atom. The Morgan fingerprint density at radius 1 is 1.17 bits per heavy atom. The molecule has 2 rings (SSSR count). The van der Waals surface area contributed by atoms with Crippen molar-refractivity contribution in [3.63, 3.8) is 0 Å². The molecule has 1 fully saturated rings. The van der Waals surface area contributed by atoms with Crippen LogP contribution in [0.5, 0.6) is 0 Å². The average Bonchev–Trinajstić information content (AvgIpc) is 2.39. The van der Waals surface area contributed by atoms with Crippen molar-refractivity contribution in [3.8, 4) is 0 Å². The first-order valence-corrected chi connectivity index (χ1v) is 5.87. The molecule has 1 aliphatic rings. The van der Waals surface area contributed by atoms with Crippen LogP contribution in [0.15, 0.2) is 24.3 Å². The monoisotopic (exact) mass is 249 g/mol. The van der Waals surface area contributed by atoms with Gasteiger partial charge >= 0.3 is 11.9 Å². The third kappa shape index (κ3) is 2.68. The molecule has 2 atom stereocenters. The van der Waals surface area contributed by atoms with E-state index in [9.17, 15) is 9.59 Å². The quantitative estimate of drug-likeness (QED) is 0.751. The van der Waals surface area contributed by atoms with E-state index in [1.165, 1.54) is 0 Å². The van der Waals surface area contributed by atoms with Gasteiger partial charge in [0.05, 0.1) is 5.56 Å². The molecular weight excluding hydrogens is 234 g/mol. The minimum Gasteiger partial charge on any atom is -0.480 e. The zero-order valence-corrected chi connectivity index (χ0v) is 9.80. The molecule has 18 heavy (non-hydrogen) atoms. The predicted molar refractivity (Wildman–Crippen MR) is 64.8 cm³/mol. The van der Waals surface area contributed by atoms with Gasteiger partial charge in [0.1, 0.15) is 6.04 Å². The van der Waals surface area contributed by atoms with Gasteiger partial charge in [-0.1, -0.05) is 12.1 Å². The second kappa shape index (κ2) is 5.18. The topological polar surface area (TPSA) is 86.6 Å². The normalized spacial score (nSPS) is 23.6. The maximum absolute atomic E-state index is 10.9. The number of hydrogen-bond donors (Lipinski definition) is 3. The number of aliphatic carboxylic acids is 1. The van der Waals surface area contributed by atoms with E-state index in [4.69, 9.17) is 10.2 Å². The third-order valence-corrected chi connectivity index (χ3v) is 3.33. The molecular formula is C13H15NO4. The number of nitrogens with one attached hydrogen (secondary N) is 1. The van der Waals surface area contributed by atoms with E-state index >= 15 is 0 Å². The predicted octanol–water partition coefficient (Wildman–Crippen LogP) is 1.30. The molecule has 3 N–H and O–H groups in total. The van der Waals surface area contributed by atoms with E-state index in [1.54, 1.807) is 24.3 Å². The Hall–Kier alpha value is -1.88. The highest BCUT2D eigenvalue weighted by atomic mass is 16.4. The molecule has 0 bridgehead atoms. The van der Waals surface area contributed by atoms with E-state index < -0.39 is 18.0 Å². The summed E-state index contributed by atoms with van der Waals surface area (Å²) in [6.07, 6.45) is 1.41. The van der Waals surface area contributed by atoms with Gasteiger partial charge < -0.3 is 15.5 Å². The fraction of sp³-hybridized carbons (Fsp3) is 0.385. The van der Waals surface area contributed by atoms with E-state index in [1.807, 2.05) is 0 Å². The third-order valence-electron chi connectivity index (χ3n) is 3.33. The lowest BCUT2D eigenvalue weighted by atomic mass is 9.86. The molecule has 2 unspecified atom stereocenters. The van der Waals surface area contributed by atoms with E-state index in [2.05, 4.69) is 5.32 Å². The molecule has 96 valence electrons. The molecule has 1 saturated heterocycles. The maximum atomic E-state index is 10.9. The molecule has 1 heterocycles. The van der Waals surface area contributed by atoms with Crippen molar-refractivity contribution in [2.45, 2.75) is 24.8 Å². The molecule has 1 aromatic carbocycles. The van der Waals surface area contributed by atoms with Crippen LogP contribution in [0.4, 0.5) is 0 Å². The molecule has 5 heteroatoms. The first-order chi connectivity index (χ1) is 8.58. The van der Waals surface area contributed by atoms with Crippen molar-refractivity contribution in [2.24, 2.45) is 0 Å². The second-order valence-corrected chi connectivity index (χ2v) is 4.49. The Balaban J connectivity index is 2.11. The summed E-state index contributed by atoms with van der Waals surface area (Å²) in [5.74, 6) is -1.60. The van der Waals surface area contributed by atoms with E-state index in [0.29, 0.717) is 13.0 Å². The lowest BCUT2D eigenvalue weighted by molar-refractivity contribution is -0.140. The van der Waals surface area contributed by atoms with Gasteiger partial charge in [0.25, 0.3) is 0 Å². The van der Waals surface area contributed by atoms with Crippen LogP contribution in [0.3, 0.4) is 0 Å². The lowest BCUT2D eigenvalue weighted by Gasteiger charge is -2.28. The van der Waals surface area contributed by atoms with Gasteiger partial charge in [-0.2, -0.15) is 0 Å². The van der Waals surface area contributed by atoms with Crippen LogP contribution < -0.4 is 5.32 Å². The van der Waals surface area contributed by atoms with Crippen molar-refractivity contribution < 1.29 is 19.8 Å². The Labute approximate surface area is 104 Å². The van der Waals surface area contributed by atoms with Crippen LogP contribution in [0.2, 0.25) is 0 Å². The van der Waals surface area contributed by atoms with Crippen molar-refractivity contribution in [2.75, 3.05) is 6.54 Å². The molecule has 0 spiro atoms. The lowest BCUT2D eigenvalue weighted by Crippen LogP contribution is -2.42. The number of carboxylic acids is 2. The molecule has 0 aromatic heterocycles. The highest BCUT2D eigenvalue weighted by Gasteiger charge is 2.27. The Morgan fingerprint density at radius 2 is 1.83 bits per heavy atom. The minimum atomic E-state index is -0.949. The fourth-order valence-corrected chi connectivity index (χ4v) is 2.31. The molecule has 1 aliphatic heterocycles. The summed E-state index contributed by atoms with van der Waals surface area (Å²) in [4.78, 5) is 21.7. The van der Waals surface area contributed by atoms with E-state index in [-0.39, 0.29) is 11.5 Å². The van der Waals surface area contributed by atoms with Gasteiger partial charge in [0.2, 0.25) is 0 Å². The highest BCUT2D eigenvalue weighted by Crippen LogP contribution is 2.28. The number of hydrogen-bond acceptors (Lipinski definition) is 3. The van der Waals surface area contributed by atoms with Crippen LogP contribution in [-0.4, -0.2) is 34.7 Å². The summed E-state index contributed by atoms with van der Waals surface area (Å²) >= 11 is 0. The first-order valence-electron chi connectivity index (χ1n) is 5.87. The van der Waals surface area contributed by atoms with Gasteiger partial charge in [-0.25, -0.2) is 4.79 Å². The summed E-state index contributed by atoms with van der Waals surface area (Å²) in [6, 6.07) is 6.17. The second-order valence-electron chi connectivity index (χ2n) is 4.49. The summed E-state index contributed by atoms with van der Waals surface area (Å²) in [5, 5.41) is 20.7. The average molecular weight is 249 g/mol. The van der Waals surface area contributed by atoms with Crippen LogP contribution in [0, 0.1) is 0 Å². The number of carboxylic acid groups (broad SMARTS) is 2. The largest absolute Gasteiger partial charge is 0.480 e. The maximum Gasteiger partial charge on any atom is 0.335 e. The molecule has 0 saturated carbocycles. The van der Waals surface area contributed by atoms with Gasteiger partial charge in [-0.15, -0.1) is 0 Å². The molecule has 0 aliphatic carbocycles. The Kier molecular flexibility index (Phi) is 3.62. The summed E-state index contributed by atoms with van der Waals surface area (Å²) in [7, 11) is 0. The van der Waals surface area contributed by atoms with Crippen LogP contribution in [0.25, 0.3) is 0 Å². The zero-order valence-electron chi connectivity index (χ0n) is 9.80. The minimum absolute atomic E-state index is 0.176. The molecule has 0 amide bonds. The number of benzene rings is 1. The van der Waals surface area contributed by atoms with Crippen molar-refractivity contribution in [1.82, 2.24) is 5.32 Å². The number of aromatic carboxylic acids is 1. The smallest absolute Gasteiger partial charge is 0.335 e. The first kappa shape index (κ1) is 12.6. The number of piperidine rings is 1. The summed E-state index contributed by atoms with van der Waals surface area (Å²) in [5.41, 5.74) is 1.26.